The minimum Gasteiger partial charge on any atom is -0.464 e. The molecule has 0 aliphatic rings. The Hall–Kier alpha value is -1.37. The highest BCUT2D eigenvalue weighted by atomic mass is 32.2. The summed E-state index contributed by atoms with van der Waals surface area (Å²) in [5.74, 6) is 0. The number of rotatable bonds is 2. The Labute approximate surface area is 94.0 Å². The quantitative estimate of drug-likeness (QED) is 0.820. The lowest BCUT2D eigenvalue weighted by Crippen LogP contribution is -2.16. The van der Waals surface area contributed by atoms with Gasteiger partial charge in [0, 0.05) is 11.9 Å². The molecule has 0 radical (unpaired) electrons. The molecule has 1 aromatic carbocycles. The van der Waals surface area contributed by atoms with Crippen LogP contribution in [0.15, 0.2) is 29.2 Å². The zero-order valence-electron chi connectivity index (χ0n) is 8.15. The van der Waals surface area contributed by atoms with Gasteiger partial charge in [-0.1, -0.05) is 6.07 Å². The van der Waals surface area contributed by atoms with Gasteiger partial charge in [0.1, 0.15) is 0 Å². The summed E-state index contributed by atoms with van der Waals surface area (Å²) in [6.07, 6.45) is -5.64. The summed E-state index contributed by atoms with van der Waals surface area (Å²) in [7, 11) is 1.26. The fraction of sp³-hybridized carbons (Fsp3) is 0.222. The Morgan fingerprint density at radius 2 is 2.06 bits per heavy atom. The molecule has 0 saturated heterocycles. The molecule has 88 valence electrons. The van der Waals surface area contributed by atoms with Crippen LogP contribution < -0.4 is 0 Å². The summed E-state index contributed by atoms with van der Waals surface area (Å²) in [6, 6.07) is 4.50. The lowest BCUT2D eigenvalue weighted by Gasteiger charge is -2.12. The van der Waals surface area contributed by atoms with Crippen LogP contribution in [-0.4, -0.2) is 22.6 Å². The molecule has 1 N–H and O–H groups in total. The van der Waals surface area contributed by atoms with Gasteiger partial charge in [0.05, 0.1) is 5.56 Å². The van der Waals surface area contributed by atoms with E-state index < -0.39 is 17.8 Å². The maximum absolute atomic E-state index is 12.3. The van der Waals surface area contributed by atoms with Gasteiger partial charge < -0.3 is 5.11 Å². The molecule has 0 saturated carbocycles. The predicted molar refractivity (Wildman–Crippen MR) is 53.1 cm³/mol. The number of carbonyl (C=O) groups is 1. The highest BCUT2D eigenvalue weighted by Crippen LogP contribution is 2.32. The summed E-state index contributed by atoms with van der Waals surface area (Å²) in [4.78, 5) is 10.7. The van der Waals surface area contributed by atoms with E-state index in [0.29, 0.717) is 11.9 Å². The van der Waals surface area contributed by atoms with Crippen molar-refractivity contribution in [2.75, 3.05) is 7.05 Å². The van der Waals surface area contributed by atoms with E-state index in [1.807, 2.05) is 0 Å². The second-order valence-corrected chi connectivity index (χ2v) is 4.10. The maximum Gasteiger partial charge on any atom is 0.417 e. The number of nitrogens with zero attached hydrogens (tertiary/aromatic N) is 1. The van der Waals surface area contributed by atoms with Gasteiger partial charge in [-0.3, -0.25) is 4.31 Å². The predicted octanol–water partition coefficient (Wildman–Crippen LogP) is 3.32. The zero-order chi connectivity index (χ0) is 12.3. The lowest BCUT2D eigenvalue weighted by molar-refractivity contribution is -0.137. The van der Waals surface area contributed by atoms with Crippen molar-refractivity contribution in [2.24, 2.45) is 0 Å². The third-order valence-electron chi connectivity index (χ3n) is 1.67. The first kappa shape index (κ1) is 12.7. The average Bonchev–Trinajstić information content (AvgIpc) is 2.16. The van der Waals surface area contributed by atoms with Gasteiger partial charge in [0.15, 0.2) is 0 Å². The topological polar surface area (TPSA) is 40.5 Å². The third-order valence-corrected chi connectivity index (χ3v) is 2.57. The SMILES string of the molecule is CN(Sc1cccc(C(F)(F)F)c1)C(=O)O. The van der Waals surface area contributed by atoms with Gasteiger partial charge in [-0.05, 0) is 30.1 Å². The first-order valence-electron chi connectivity index (χ1n) is 4.12. The molecule has 0 spiro atoms. The van der Waals surface area contributed by atoms with E-state index in [9.17, 15) is 18.0 Å². The molecule has 0 aromatic heterocycles. The average molecular weight is 251 g/mol. The molecule has 1 amide bonds. The molecular weight excluding hydrogens is 243 g/mol. The number of benzene rings is 1. The van der Waals surface area contributed by atoms with E-state index in [2.05, 4.69) is 0 Å². The Kier molecular flexibility index (Phi) is 3.69. The van der Waals surface area contributed by atoms with E-state index in [4.69, 9.17) is 5.11 Å². The third kappa shape index (κ3) is 3.34. The molecule has 0 aliphatic heterocycles. The van der Waals surface area contributed by atoms with Crippen LogP contribution >= 0.6 is 11.9 Å². The summed E-state index contributed by atoms with van der Waals surface area (Å²) in [5, 5.41) is 8.56. The molecule has 0 unspecified atom stereocenters. The molecule has 3 nitrogen and oxygen atoms in total. The van der Waals surface area contributed by atoms with Crippen LogP contribution in [0.3, 0.4) is 0 Å². The fourth-order valence-electron chi connectivity index (χ4n) is 0.926. The number of hydrogen-bond donors (Lipinski definition) is 1. The Morgan fingerprint density at radius 1 is 1.44 bits per heavy atom. The van der Waals surface area contributed by atoms with Crippen molar-refractivity contribution in [3.05, 3.63) is 29.8 Å². The molecule has 16 heavy (non-hydrogen) atoms. The van der Waals surface area contributed by atoms with Gasteiger partial charge in [0.25, 0.3) is 0 Å². The molecule has 0 atom stereocenters. The van der Waals surface area contributed by atoms with Gasteiger partial charge in [0.2, 0.25) is 0 Å². The van der Waals surface area contributed by atoms with Crippen molar-refractivity contribution in [3.63, 3.8) is 0 Å². The number of alkyl halides is 3. The smallest absolute Gasteiger partial charge is 0.417 e. The van der Waals surface area contributed by atoms with Gasteiger partial charge in [-0.25, -0.2) is 4.79 Å². The van der Waals surface area contributed by atoms with Crippen molar-refractivity contribution in [1.29, 1.82) is 0 Å². The highest BCUT2D eigenvalue weighted by molar-refractivity contribution is 7.97. The molecule has 0 heterocycles. The van der Waals surface area contributed by atoms with Crippen molar-refractivity contribution >= 4 is 18.0 Å². The van der Waals surface area contributed by atoms with Crippen LogP contribution in [0.4, 0.5) is 18.0 Å². The molecule has 7 heteroatoms. The van der Waals surface area contributed by atoms with Crippen LogP contribution in [0.1, 0.15) is 5.56 Å². The normalized spacial score (nSPS) is 11.2. The molecule has 1 aromatic rings. The van der Waals surface area contributed by atoms with Crippen LogP contribution in [0.5, 0.6) is 0 Å². The number of carboxylic acid groups (broad SMARTS) is 1. The van der Waals surface area contributed by atoms with Crippen molar-refractivity contribution in [2.45, 2.75) is 11.1 Å². The van der Waals surface area contributed by atoms with Gasteiger partial charge >= 0.3 is 12.3 Å². The van der Waals surface area contributed by atoms with Crippen LogP contribution in [0, 0.1) is 0 Å². The summed E-state index contributed by atoms with van der Waals surface area (Å²) < 4.78 is 37.8. The minimum atomic E-state index is -4.42. The molecule has 0 fully saturated rings. The zero-order valence-corrected chi connectivity index (χ0v) is 8.97. The number of amides is 1. The van der Waals surface area contributed by atoms with Crippen molar-refractivity contribution in [1.82, 2.24) is 4.31 Å². The summed E-state index contributed by atoms with van der Waals surface area (Å²) >= 11 is 0.716. The van der Waals surface area contributed by atoms with E-state index in [1.165, 1.54) is 19.2 Å². The summed E-state index contributed by atoms with van der Waals surface area (Å²) in [5.41, 5.74) is -0.795. The first-order valence-corrected chi connectivity index (χ1v) is 4.90. The Balaban J connectivity index is 2.87. The minimum absolute atomic E-state index is 0.222. The molecule has 0 aliphatic carbocycles. The largest absolute Gasteiger partial charge is 0.464 e. The molecule has 0 bridgehead atoms. The molecule has 1 rings (SSSR count). The van der Waals surface area contributed by atoms with Gasteiger partial charge in [-0.2, -0.15) is 13.2 Å². The van der Waals surface area contributed by atoms with E-state index in [-0.39, 0.29) is 4.90 Å². The Bertz CT molecular complexity index is 395. The number of hydrogen-bond acceptors (Lipinski definition) is 2. The van der Waals surface area contributed by atoms with Crippen LogP contribution in [0.25, 0.3) is 0 Å². The van der Waals surface area contributed by atoms with Crippen LogP contribution in [-0.2, 0) is 6.18 Å². The van der Waals surface area contributed by atoms with Crippen molar-refractivity contribution in [3.8, 4) is 0 Å². The van der Waals surface area contributed by atoms with E-state index >= 15 is 0 Å². The van der Waals surface area contributed by atoms with E-state index in [0.717, 1.165) is 16.4 Å². The van der Waals surface area contributed by atoms with Crippen LogP contribution in [0.2, 0.25) is 0 Å². The standard InChI is InChI=1S/C9H8F3NO2S/c1-13(8(14)15)16-7-4-2-3-6(5-7)9(10,11)12/h2-5H,1H3,(H,14,15). The van der Waals surface area contributed by atoms with Gasteiger partial charge in [-0.15, -0.1) is 0 Å². The first-order chi connectivity index (χ1) is 7.30. The van der Waals surface area contributed by atoms with Crippen molar-refractivity contribution < 1.29 is 23.1 Å². The second-order valence-electron chi connectivity index (χ2n) is 2.90. The fourth-order valence-corrected chi connectivity index (χ4v) is 1.64. The second kappa shape index (κ2) is 4.65. The highest BCUT2D eigenvalue weighted by Gasteiger charge is 2.30. The maximum atomic E-state index is 12.3. The lowest BCUT2D eigenvalue weighted by atomic mass is 10.2. The monoisotopic (exact) mass is 251 g/mol. The molecular formula is C9H8F3NO2S. The number of halogens is 3. The summed E-state index contributed by atoms with van der Waals surface area (Å²) in [6.45, 7) is 0. The Morgan fingerprint density at radius 3 is 2.56 bits per heavy atom. The van der Waals surface area contributed by atoms with E-state index in [1.54, 1.807) is 0 Å².